The van der Waals surface area contributed by atoms with Gasteiger partial charge in [0.2, 0.25) is 0 Å². The molecule has 0 aliphatic carbocycles. The van der Waals surface area contributed by atoms with Crippen LogP contribution in [0.15, 0.2) is 273 Å². The fraction of sp³-hybridized carbons (Fsp3) is 0.100. The van der Waals surface area contributed by atoms with Gasteiger partial charge < -0.3 is 18.9 Å². The van der Waals surface area contributed by atoms with Crippen LogP contribution in [0, 0.1) is 0 Å². The zero-order chi connectivity index (χ0) is 74.7. The molecule has 12 aromatic carbocycles. The van der Waals surface area contributed by atoms with Crippen LogP contribution in [0.25, 0.3) is 88.4 Å². The normalized spacial score (nSPS) is 16.3. The zero-order valence-electron chi connectivity index (χ0n) is 67.3. The van der Waals surface area contributed by atoms with E-state index in [1.165, 1.54) is 9.13 Å². The Balaban J connectivity index is 1.16. The third-order valence-electron chi connectivity index (χ3n) is 16.7. The summed E-state index contributed by atoms with van der Waals surface area (Å²) in [4.78, 5) is 4.04. The Bertz CT molecular complexity index is 5990. The lowest BCUT2D eigenvalue weighted by Gasteiger charge is -2.46. The number of nitrogens with zero attached hydrogens (tertiary/aromatic N) is 4. The van der Waals surface area contributed by atoms with Gasteiger partial charge in [-0.05, 0) is 134 Å². The van der Waals surface area contributed by atoms with Crippen LogP contribution in [0.4, 0.5) is 34.1 Å². The van der Waals surface area contributed by atoms with E-state index in [9.17, 15) is 19.2 Å². The van der Waals surface area contributed by atoms with Crippen molar-refractivity contribution in [2.24, 2.45) is 0 Å². The minimum atomic E-state index is -1.32. The number of hydrogen-bond acceptors (Lipinski definition) is 2. The summed E-state index contributed by atoms with van der Waals surface area (Å²) in [6, 6.07) is 36.2. The first kappa shape index (κ1) is 33.9. The van der Waals surface area contributed by atoms with Crippen molar-refractivity contribution in [1.29, 1.82) is 0 Å². The molecule has 2 aliphatic heterocycles. The van der Waals surface area contributed by atoms with E-state index < -0.39 is 138 Å². The standard InChI is InChI=1S/C80H63BN4/c1-79(2,3)55-46-64(53-28-12-8-13-29-53)78(65(47-55)54-30-14-9-15-31-54)85-74-51-58(83-71-40-24-19-35-62(71)63-36-20-25-41-72(63)83)43-45-67(74)81-66-44-42-57(82-69-38-22-17-33-60(69)61-34-18-23-39-70(61)82)50-73(66)84(75-48-56(80(4,5)6)49-76(85)77(75)81)68-37-21-16-32-59(68)52-26-10-7-11-27-52/h7-51H,1-6H3/i17D,18D,19D,20D,22D,23D,24D,25D,33D,34D,35D,36D,38D,39D,40D,41D,42D,43D,44D,45D. The van der Waals surface area contributed by atoms with Crippen LogP contribution in [-0.2, 0) is 10.8 Å². The van der Waals surface area contributed by atoms with E-state index in [0.29, 0.717) is 44.9 Å². The third kappa shape index (κ3) is 7.97. The molecule has 0 unspecified atom stereocenters. The van der Waals surface area contributed by atoms with Gasteiger partial charge in [0, 0.05) is 72.4 Å². The molecule has 0 atom stereocenters. The monoisotopic (exact) mass is 1110 g/mol. The summed E-state index contributed by atoms with van der Waals surface area (Å²) in [5, 5.41) is -0.964. The second-order valence-corrected chi connectivity index (χ2v) is 23.8. The third-order valence-corrected chi connectivity index (χ3v) is 16.7. The molecule has 5 heteroatoms. The highest BCUT2D eigenvalue weighted by atomic mass is 15.2. The van der Waals surface area contributed by atoms with E-state index >= 15 is 0 Å². The van der Waals surface area contributed by atoms with Crippen LogP contribution in [0.1, 0.15) is 80.1 Å². The molecule has 0 fully saturated rings. The van der Waals surface area contributed by atoms with E-state index in [2.05, 4.69) is 70.7 Å². The van der Waals surface area contributed by atoms with Crippen LogP contribution < -0.4 is 26.2 Å². The number of aromatic nitrogens is 2. The molecule has 4 nitrogen and oxygen atoms in total. The zero-order valence-corrected chi connectivity index (χ0v) is 47.3. The Morgan fingerprint density at radius 1 is 0.329 bits per heavy atom. The van der Waals surface area contributed by atoms with Gasteiger partial charge in [-0.2, -0.15) is 0 Å². The summed E-state index contributed by atoms with van der Waals surface area (Å²) >= 11 is 0. The molecule has 2 aromatic heterocycles. The van der Waals surface area contributed by atoms with Crippen LogP contribution in [0.5, 0.6) is 0 Å². The molecule has 16 rings (SSSR count). The topological polar surface area (TPSA) is 16.3 Å². The summed E-state index contributed by atoms with van der Waals surface area (Å²) in [6.07, 6.45) is 0. The molecule has 2 aliphatic rings. The van der Waals surface area contributed by atoms with Gasteiger partial charge >= 0.3 is 0 Å². The number of rotatable bonds is 7. The Labute approximate surface area is 526 Å². The summed E-state index contributed by atoms with van der Waals surface area (Å²) < 4.78 is 195. The van der Waals surface area contributed by atoms with E-state index in [1.807, 2.05) is 120 Å². The van der Waals surface area contributed by atoms with Gasteiger partial charge in [-0.3, -0.25) is 0 Å². The maximum atomic E-state index is 11.1. The maximum Gasteiger partial charge on any atom is 0.252 e. The van der Waals surface area contributed by atoms with Crippen LogP contribution >= 0.6 is 0 Å². The number of anilines is 6. The minimum absolute atomic E-state index is 0.112. The van der Waals surface area contributed by atoms with Crippen molar-refractivity contribution in [2.75, 3.05) is 9.80 Å². The van der Waals surface area contributed by atoms with Gasteiger partial charge in [-0.1, -0.05) is 235 Å². The maximum absolute atomic E-state index is 11.1. The summed E-state index contributed by atoms with van der Waals surface area (Å²) in [7, 11) is 0. The first-order chi connectivity index (χ1) is 49.8. The predicted octanol–water partition coefficient (Wildman–Crippen LogP) is 19.6. The molecule has 0 radical (unpaired) electrons. The largest absolute Gasteiger partial charge is 0.311 e. The highest BCUT2D eigenvalue weighted by molar-refractivity contribution is 7.00. The molecule has 0 spiro atoms. The predicted molar refractivity (Wildman–Crippen MR) is 363 cm³/mol. The molecule has 85 heavy (non-hydrogen) atoms. The van der Waals surface area contributed by atoms with Gasteiger partial charge in [0.1, 0.15) is 0 Å². The first-order valence-corrected chi connectivity index (χ1v) is 28.3. The molecular weight excluding hydrogens is 1030 g/mol. The molecule has 0 N–H and O–H groups in total. The Kier molecular flexibility index (Phi) is 7.66. The summed E-state index contributed by atoms with van der Waals surface area (Å²) in [6.45, 7) is 11.3. The lowest BCUT2D eigenvalue weighted by molar-refractivity contribution is 0.590. The molecule has 0 saturated carbocycles. The van der Waals surface area contributed by atoms with Crippen LogP contribution in [0.3, 0.4) is 0 Å². The quantitative estimate of drug-likeness (QED) is 0.148. The Hall–Kier alpha value is -10.1. The SMILES string of the molecule is [2H]c1c(-n2c3c([2H])c([2H])c([2H])c([2H])c3c3c([2H])c([2H])c([2H])c([2H])c32)cc2c(c1[2H])B1c3c(cc(C(C)(C)C)cc3N(c3c(-c4ccccc4)cc(C(C)(C)C)cc3-c3ccccc3)c3cc(-n4c5c([2H])c([2H])c([2H])c([2H])c5c5c([2H])c([2H])c([2H])c([2H])c54)c([2H])c([2H])c31)N2c1ccccc1-c1ccccc1. The molecule has 14 aromatic rings. The van der Waals surface area contributed by atoms with Crippen molar-refractivity contribution >= 4 is 101 Å². The number of para-hydroxylation sites is 5. The summed E-state index contributed by atoms with van der Waals surface area (Å²) in [5.74, 6) is 0. The van der Waals surface area contributed by atoms with Gasteiger partial charge in [-0.25, -0.2) is 0 Å². The van der Waals surface area contributed by atoms with Gasteiger partial charge in [-0.15, -0.1) is 0 Å². The fourth-order valence-electron chi connectivity index (χ4n) is 12.7. The number of benzene rings is 12. The Morgan fingerprint density at radius 2 is 0.694 bits per heavy atom. The van der Waals surface area contributed by atoms with Crippen molar-refractivity contribution in [2.45, 2.75) is 52.4 Å². The molecule has 0 amide bonds. The highest BCUT2D eigenvalue weighted by Crippen LogP contribution is 2.53. The molecule has 4 heterocycles. The molecule has 0 saturated heterocycles. The Morgan fingerprint density at radius 3 is 1.13 bits per heavy atom. The molecular formula is C80H63BN4. The number of hydrogen-bond donors (Lipinski definition) is 0. The van der Waals surface area contributed by atoms with Crippen molar-refractivity contribution < 1.29 is 27.4 Å². The van der Waals surface area contributed by atoms with Gasteiger partial charge in [0.05, 0.1) is 60.9 Å². The van der Waals surface area contributed by atoms with Gasteiger partial charge in [0.25, 0.3) is 6.71 Å². The molecule has 0 bridgehead atoms. The molecule has 406 valence electrons. The lowest BCUT2D eigenvalue weighted by atomic mass is 9.33. The van der Waals surface area contributed by atoms with Crippen LogP contribution in [-0.4, -0.2) is 15.8 Å². The lowest BCUT2D eigenvalue weighted by Crippen LogP contribution is -2.61. The van der Waals surface area contributed by atoms with E-state index in [-0.39, 0.29) is 77.3 Å². The minimum Gasteiger partial charge on any atom is -0.311 e. The van der Waals surface area contributed by atoms with E-state index in [4.69, 9.17) is 8.22 Å². The van der Waals surface area contributed by atoms with E-state index in [0.717, 1.165) is 27.8 Å². The van der Waals surface area contributed by atoms with Crippen molar-refractivity contribution in [3.63, 3.8) is 0 Å². The summed E-state index contributed by atoms with van der Waals surface area (Å²) in [5.41, 5.74) is 6.71. The van der Waals surface area contributed by atoms with Crippen molar-refractivity contribution in [3.8, 4) is 44.8 Å². The first-order valence-electron chi connectivity index (χ1n) is 38.3. The number of fused-ring (bicyclic) bond motifs is 10. The smallest absolute Gasteiger partial charge is 0.252 e. The van der Waals surface area contributed by atoms with Crippen molar-refractivity contribution in [3.05, 3.63) is 284 Å². The van der Waals surface area contributed by atoms with Crippen molar-refractivity contribution in [1.82, 2.24) is 9.13 Å². The second-order valence-electron chi connectivity index (χ2n) is 23.8. The fourth-order valence-corrected chi connectivity index (χ4v) is 12.7. The highest BCUT2D eigenvalue weighted by Gasteiger charge is 2.46. The second kappa shape index (κ2) is 19.2. The van der Waals surface area contributed by atoms with Gasteiger partial charge in [0.15, 0.2) is 0 Å². The van der Waals surface area contributed by atoms with Crippen LogP contribution in [0.2, 0.25) is 0 Å². The van der Waals surface area contributed by atoms with E-state index in [1.54, 1.807) is 12.1 Å². The average Bonchev–Trinajstić information content (AvgIpc) is 1.23. The average molecular weight is 1110 g/mol.